The van der Waals surface area contributed by atoms with Crippen LogP contribution in [0.4, 0.5) is 0 Å². The Morgan fingerprint density at radius 3 is 2.04 bits per heavy atom. The third-order valence-corrected chi connectivity index (χ3v) is 9.58. The smallest absolute Gasteiger partial charge is 0.343 e. The highest BCUT2D eigenvalue weighted by molar-refractivity contribution is 6.12. The quantitative estimate of drug-likeness (QED) is 0.0602. The number of Topliss-reactive ketones (excluding diaryl/α,β-unsaturated/α-hetero) is 1. The largest absolute Gasteiger partial charge is 0.507 e. The van der Waals surface area contributed by atoms with Crippen LogP contribution in [0.3, 0.4) is 0 Å². The third-order valence-electron chi connectivity index (χ3n) is 9.58. The van der Waals surface area contributed by atoms with Crippen LogP contribution in [0.5, 0.6) is 28.7 Å². The van der Waals surface area contributed by atoms with Crippen LogP contribution in [-0.4, -0.2) is 42.7 Å². The van der Waals surface area contributed by atoms with E-state index in [0.29, 0.717) is 33.9 Å². The molecule has 4 aromatic carbocycles. The number of phenolic OH excluding ortho intramolecular Hbond substituents is 4. The molecule has 10 nitrogen and oxygen atoms in total. The number of para-hydroxylation sites is 1. The van der Waals surface area contributed by atoms with Crippen LogP contribution in [0.15, 0.2) is 51.4 Å². The van der Waals surface area contributed by atoms with Gasteiger partial charge >= 0.3 is 5.63 Å². The molecule has 0 amide bonds. The highest BCUT2D eigenvalue weighted by Crippen LogP contribution is 2.54. The van der Waals surface area contributed by atoms with E-state index in [0.717, 1.165) is 0 Å². The van der Waals surface area contributed by atoms with Gasteiger partial charge in [0.25, 0.3) is 0 Å². The van der Waals surface area contributed by atoms with Gasteiger partial charge in [-0.25, -0.2) is 4.79 Å². The fourth-order valence-electron chi connectivity index (χ4n) is 7.40. The molecule has 1 aliphatic rings. The Bertz CT molecular complexity index is 2360. The van der Waals surface area contributed by atoms with Crippen molar-refractivity contribution in [2.24, 2.45) is 5.92 Å². The monoisotopic (exact) mass is 664 g/mol. The van der Waals surface area contributed by atoms with E-state index in [2.05, 4.69) is 0 Å². The lowest BCUT2D eigenvalue weighted by molar-refractivity contribution is -0.119. The molecule has 0 saturated carbocycles. The van der Waals surface area contributed by atoms with Gasteiger partial charge in [0.2, 0.25) is 5.78 Å². The molecule has 49 heavy (non-hydrogen) atoms. The number of rotatable bonds is 6. The van der Waals surface area contributed by atoms with Crippen LogP contribution in [0, 0.1) is 19.8 Å². The minimum absolute atomic E-state index is 0.0298. The number of fused-ring (bicyclic) bond motifs is 3. The van der Waals surface area contributed by atoms with Gasteiger partial charge in [0.1, 0.15) is 22.8 Å². The number of allylic oxidation sites excluding steroid dienone is 2. The number of aliphatic hydroxyl groups excluding tert-OH is 1. The second-order valence-electron chi connectivity index (χ2n) is 13.3. The maximum absolute atomic E-state index is 14.0. The summed E-state index contributed by atoms with van der Waals surface area (Å²) in [6.45, 7) is 10.5. The number of benzene rings is 4. The molecule has 0 aliphatic heterocycles. The molecule has 0 fully saturated rings. The number of hydrogen-bond acceptors (Lipinski definition) is 10. The molecule has 1 heterocycles. The predicted octanol–water partition coefficient (Wildman–Crippen LogP) is 7.53. The third kappa shape index (κ3) is 4.81. The average molecular weight is 665 g/mol. The van der Waals surface area contributed by atoms with Crippen LogP contribution < -0.4 is 5.63 Å². The Morgan fingerprint density at radius 2 is 1.41 bits per heavy atom. The molecule has 0 saturated heterocycles. The summed E-state index contributed by atoms with van der Waals surface area (Å²) in [5.41, 5.74) is 0.839. The van der Waals surface area contributed by atoms with Gasteiger partial charge in [-0.1, -0.05) is 52.0 Å². The molecule has 6 rings (SSSR count). The van der Waals surface area contributed by atoms with Gasteiger partial charge in [0.15, 0.2) is 23.5 Å². The molecule has 252 valence electrons. The van der Waals surface area contributed by atoms with Crippen molar-refractivity contribution >= 4 is 39.4 Å². The number of ketones is 1. The summed E-state index contributed by atoms with van der Waals surface area (Å²) in [6.07, 6.45) is -0.0993. The number of hydrogen-bond donors (Lipinski definition) is 6. The number of phenols is 4. The summed E-state index contributed by atoms with van der Waals surface area (Å²) in [4.78, 5) is 39.4. The lowest BCUT2D eigenvalue weighted by Gasteiger charge is -2.31. The van der Waals surface area contributed by atoms with Gasteiger partial charge in [-0.05, 0) is 66.3 Å². The van der Waals surface area contributed by atoms with Crippen LogP contribution in [0.2, 0.25) is 0 Å². The van der Waals surface area contributed by atoms with Crippen LogP contribution in [0.25, 0.3) is 38.4 Å². The molecule has 0 radical (unpaired) electrons. The van der Waals surface area contributed by atoms with Crippen molar-refractivity contribution in [2.75, 3.05) is 0 Å². The molecule has 10 heteroatoms. The highest BCUT2D eigenvalue weighted by Gasteiger charge is 2.40. The Labute approximate surface area is 280 Å². The standard InChI is InChI=1S/C39H36O10/c1-15(2)26-20-11-17(5)28(29-18(6)12-21-27(16(3)4)38(47)34(43)24(14-40)31(21)36(29)45)35(44)30(20)22(33(42)37(26)46)13-23-32(41)19-9-7-8-10-25(19)49-39(23)48/h7-12,14-16,22,41,43-47H,13H2,1-6H3. The summed E-state index contributed by atoms with van der Waals surface area (Å²) in [7, 11) is 0. The van der Waals surface area contributed by atoms with Gasteiger partial charge in [0, 0.05) is 33.2 Å². The number of carbonyl (C=O) groups excluding carboxylic acids is 2. The molecule has 0 spiro atoms. The topological polar surface area (TPSA) is 186 Å². The lowest BCUT2D eigenvalue weighted by atomic mass is 9.73. The molecule has 1 aromatic heterocycles. The molecule has 1 aliphatic carbocycles. The minimum atomic E-state index is -1.35. The van der Waals surface area contributed by atoms with Gasteiger partial charge in [-0.2, -0.15) is 0 Å². The van der Waals surface area contributed by atoms with E-state index in [1.807, 2.05) is 0 Å². The number of carbonyl (C=O) groups is 2. The van der Waals surface area contributed by atoms with E-state index >= 15 is 0 Å². The van der Waals surface area contributed by atoms with Crippen molar-refractivity contribution in [2.45, 2.75) is 59.8 Å². The summed E-state index contributed by atoms with van der Waals surface area (Å²) < 4.78 is 5.44. The summed E-state index contributed by atoms with van der Waals surface area (Å²) in [5, 5.41) is 68.7. The van der Waals surface area contributed by atoms with E-state index in [-0.39, 0.29) is 67.3 Å². The summed E-state index contributed by atoms with van der Waals surface area (Å²) >= 11 is 0. The Hall–Kier alpha value is -5.77. The van der Waals surface area contributed by atoms with Crippen molar-refractivity contribution in [1.82, 2.24) is 0 Å². The fraction of sp³-hybridized carbons (Fsp3) is 0.256. The van der Waals surface area contributed by atoms with Crippen LogP contribution in [-0.2, 0) is 11.2 Å². The average Bonchev–Trinajstić information content (AvgIpc) is 3.03. The molecule has 0 bridgehead atoms. The number of aliphatic hydroxyl groups is 1. The maximum Gasteiger partial charge on any atom is 0.343 e. The fourth-order valence-corrected chi connectivity index (χ4v) is 7.40. The Morgan fingerprint density at radius 1 is 0.776 bits per heavy atom. The summed E-state index contributed by atoms with van der Waals surface area (Å²) in [5.74, 6) is -5.76. The van der Waals surface area contributed by atoms with E-state index in [9.17, 15) is 45.0 Å². The molecule has 6 N–H and O–H groups in total. The zero-order chi connectivity index (χ0) is 35.8. The lowest BCUT2D eigenvalue weighted by Crippen LogP contribution is -2.27. The van der Waals surface area contributed by atoms with E-state index in [1.165, 1.54) is 6.07 Å². The first-order valence-electron chi connectivity index (χ1n) is 15.9. The van der Waals surface area contributed by atoms with Gasteiger partial charge < -0.3 is 35.1 Å². The van der Waals surface area contributed by atoms with E-state index in [1.54, 1.807) is 71.9 Å². The molecular formula is C39H36O10. The maximum atomic E-state index is 14.0. The second-order valence-corrected chi connectivity index (χ2v) is 13.3. The van der Waals surface area contributed by atoms with Crippen LogP contribution in [0.1, 0.15) is 83.3 Å². The zero-order valence-electron chi connectivity index (χ0n) is 27.8. The normalized spacial score (nSPS) is 14.8. The van der Waals surface area contributed by atoms with Crippen LogP contribution >= 0.6 is 0 Å². The first kappa shape index (κ1) is 33.1. The van der Waals surface area contributed by atoms with Crippen molar-refractivity contribution in [3.63, 3.8) is 0 Å². The molecular weight excluding hydrogens is 628 g/mol. The first-order chi connectivity index (χ1) is 23.1. The van der Waals surface area contributed by atoms with E-state index < -0.39 is 52.5 Å². The van der Waals surface area contributed by atoms with Crippen molar-refractivity contribution in [1.29, 1.82) is 0 Å². The minimum Gasteiger partial charge on any atom is -0.507 e. The van der Waals surface area contributed by atoms with Crippen molar-refractivity contribution in [3.05, 3.63) is 91.5 Å². The molecule has 1 unspecified atom stereocenters. The number of aldehydes is 1. The molecule has 5 aromatic rings. The van der Waals surface area contributed by atoms with E-state index in [4.69, 9.17) is 4.42 Å². The van der Waals surface area contributed by atoms with Crippen molar-refractivity contribution in [3.8, 4) is 39.9 Å². The second kappa shape index (κ2) is 11.7. The van der Waals surface area contributed by atoms with Gasteiger partial charge in [0.05, 0.1) is 22.4 Å². The number of aryl methyl sites for hydroxylation is 2. The summed E-state index contributed by atoms with van der Waals surface area (Å²) in [6, 6.07) is 9.69. The van der Waals surface area contributed by atoms with Gasteiger partial charge in [-0.3, -0.25) is 9.59 Å². The Balaban J connectivity index is 1.69. The van der Waals surface area contributed by atoms with Gasteiger partial charge in [-0.15, -0.1) is 0 Å². The zero-order valence-corrected chi connectivity index (χ0v) is 27.8. The Kier molecular flexibility index (Phi) is 7.93. The first-order valence-corrected chi connectivity index (χ1v) is 15.9. The molecule has 1 atom stereocenters. The highest BCUT2D eigenvalue weighted by atomic mass is 16.4. The number of aromatic hydroxyl groups is 5. The van der Waals surface area contributed by atoms with Crippen molar-refractivity contribution < 1.29 is 44.6 Å². The SMILES string of the molecule is Cc1cc2c(c(O)c1-c1c(C)cc3c(C(C)C)c(O)c(O)c(C=O)c3c1O)C(Cc1c(O)c3ccccc3oc1=O)C(=O)C(O)=C2C(C)C. The predicted molar refractivity (Wildman–Crippen MR) is 185 cm³/mol.